The number of nitrogens with zero attached hydrogens (tertiary/aromatic N) is 1. The maximum Gasteiger partial charge on any atom is 0.213 e. The van der Waals surface area contributed by atoms with E-state index in [0.29, 0.717) is 25.1 Å². The molecule has 21 heavy (non-hydrogen) atoms. The maximum absolute atomic E-state index is 10.8. The molecule has 0 N–H and O–H groups in total. The van der Waals surface area contributed by atoms with Crippen molar-refractivity contribution >= 4 is 18.3 Å². The van der Waals surface area contributed by atoms with Gasteiger partial charge in [-0.15, -0.1) is 0 Å². The fraction of sp³-hybridized carbons (Fsp3) is 1.00. The van der Waals surface area contributed by atoms with E-state index in [2.05, 4.69) is 0 Å². The summed E-state index contributed by atoms with van der Waals surface area (Å²) in [5, 5.41) is 10.8. The summed E-state index contributed by atoms with van der Waals surface area (Å²) < 4.78 is 12.2. The molecule has 7 heteroatoms. The fourth-order valence-corrected chi connectivity index (χ4v) is 7.11. The smallest absolute Gasteiger partial charge is 0.213 e. The van der Waals surface area contributed by atoms with Gasteiger partial charge in [-0.05, 0) is 44.4 Å². The third kappa shape index (κ3) is 4.72. The summed E-state index contributed by atoms with van der Waals surface area (Å²) >= 11 is 5.82. The van der Waals surface area contributed by atoms with E-state index in [4.69, 9.17) is 20.9 Å². The summed E-state index contributed by atoms with van der Waals surface area (Å²) in [5.41, 5.74) is 0.384. The molecule has 0 aliphatic heterocycles. The van der Waals surface area contributed by atoms with Gasteiger partial charge in [0.1, 0.15) is 0 Å². The predicted molar refractivity (Wildman–Crippen MR) is 86.9 cm³/mol. The van der Waals surface area contributed by atoms with E-state index in [9.17, 15) is 10.1 Å². The fourth-order valence-electron chi connectivity index (χ4n) is 3.37. The second-order valence-corrected chi connectivity index (χ2v) is 9.88. The van der Waals surface area contributed by atoms with Crippen LogP contribution in [0.15, 0.2) is 0 Å². The molecule has 2 aliphatic rings. The Morgan fingerprint density at radius 3 is 2.29 bits per heavy atom. The van der Waals surface area contributed by atoms with Crippen molar-refractivity contribution in [3.05, 3.63) is 10.1 Å². The molecule has 0 spiro atoms. The molecule has 2 fully saturated rings. The van der Waals surface area contributed by atoms with Gasteiger partial charge in [0.2, 0.25) is 6.04 Å². The van der Waals surface area contributed by atoms with Crippen molar-refractivity contribution < 1.29 is 14.0 Å². The topological polar surface area (TPSA) is 61.6 Å². The minimum absolute atomic E-state index is 0.0560. The summed E-state index contributed by atoms with van der Waals surface area (Å²) in [7, 11) is 0. The van der Waals surface area contributed by atoms with Crippen LogP contribution in [-0.2, 0) is 20.9 Å². The molecule has 5 nitrogen and oxygen atoms in total. The van der Waals surface area contributed by atoms with Crippen LogP contribution in [0.1, 0.15) is 64.7 Å². The van der Waals surface area contributed by atoms with Crippen LogP contribution in [0.2, 0.25) is 0 Å². The molecule has 1 atom stereocenters. The molecule has 122 valence electrons. The van der Waals surface area contributed by atoms with E-state index in [-0.39, 0.29) is 11.0 Å². The standard InChI is InChI=1S/C14H26NO4PS/c1-2-18-20(21,14-6-4-3-5-7-14)19-13-10-8-12(9-11-13)15(16)17/h12-14H,2-11H2,1H3. The Morgan fingerprint density at radius 1 is 1.14 bits per heavy atom. The lowest BCUT2D eigenvalue weighted by molar-refractivity contribution is -0.527. The highest BCUT2D eigenvalue weighted by Gasteiger charge is 2.37. The zero-order valence-electron chi connectivity index (χ0n) is 12.7. The second-order valence-electron chi connectivity index (χ2n) is 6.07. The zero-order valence-corrected chi connectivity index (χ0v) is 14.4. The third-order valence-electron chi connectivity index (χ3n) is 4.57. The molecular weight excluding hydrogens is 309 g/mol. The lowest BCUT2D eigenvalue weighted by Crippen LogP contribution is -2.30. The minimum atomic E-state index is -2.24. The Balaban J connectivity index is 1.93. The molecule has 0 radical (unpaired) electrons. The predicted octanol–water partition coefficient (Wildman–Crippen LogP) is 4.27. The highest BCUT2D eigenvalue weighted by Crippen LogP contribution is 2.59. The number of hydrogen-bond acceptors (Lipinski definition) is 5. The Bertz CT molecular complexity index is 392. The molecule has 1 unspecified atom stereocenters. The van der Waals surface area contributed by atoms with Crippen LogP contribution in [0.3, 0.4) is 0 Å². The first-order valence-electron chi connectivity index (χ1n) is 8.11. The quantitative estimate of drug-likeness (QED) is 0.412. The van der Waals surface area contributed by atoms with Gasteiger partial charge in [-0.1, -0.05) is 19.3 Å². The summed E-state index contributed by atoms with van der Waals surface area (Å²) in [6, 6.07) is -0.399. The van der Waals surface area contributed by atoms with Crippen molar-refractivity contribution in [3.8, 4) is 0 Å². The van der Waals surface area contributed by atoms with E-state index in [1.807, 2.05) is 6.92 Å². The Labute approximate surface area is 132 Å². The summed E-state index contributed by atoms with van der Waals surface area (Å²) in [5.74, 6) is 0. The average Bonchev–Trinajstić information content (AvgIpc) is 2.49. The van der Waals surface area contributed by atoms with Crippen molar-refractivity contribution in [2.45, 2.75) is 82.5 Å². The Kier molecular flexibility index (Phi) is 6.60. The third-order valence-corrected chi connectivity index (χ3v) is 8.66. The largest absolute Gasteiger partial charge is 0.329 e. The lowest BCUT2D eigenvalue weighted by atomic mass is 9.94. The van der Waals surface area contributed by atoms with Crippen LogP contribution in [-0.4, -0.2) is 29.3 Å². The van der Waals surface area contributed by atoms with Crippen LogP contribution in [0.5, 0.6) is 0 Å². The number of hydrogen-bond donors (Lipinski definition) is 0. The van der Waals surface area contributed by atoms with Crippen molar-refractivity contribution in [3.63, 3.8) is 0 Å². The van der Waals surface area contributed by atoms with Crippen molar-refractivity contribution in [1.29, 1.82) is 0 Å². The van der Waals surface area contributed by atoms with E-state index in [0.717, 1.165) is 25.7 Å². The normalized spacial score (nSPS) is 30.7. The summed E-state index contributed by atoms with van der Waals surface area (Å²) in [6.45, 7) is 0.321. The molecule has 0 aromatic carbocycles. The molecule has 0 saturated heterocycles. The van der Waals surface area contributed by atoms with Crippen molar-refractivity contribution in [2.24, 2.45) is 0 Å². The molecule has 0 aromatic heterocycles. The first-order valence-corrected chi connectivity index (χ1v) is 10.8. The van der Waals surface area contributed by atoms with Gasteiger partial charge in [0.25, 0.3) is 0 Å². The van der Waals surface area contributed by atoms with E-state index in [1.165, 1.54) is 19.3 Å². The van der Waals surface area contributed by atoms with Crippen molar-refractivity contribution in [1.82, 2.24) is 0 Å². The second kappa shape index (κ2) is 8.00. The van der Waals surface area contributed by atoms with Gasteiger partial charge in [0.05, 0.1) is 12.7 Å². The molecule has 2 rings (SSSR count). The molecule has 2 saturated carbocycles. The zero-order chi connectivity index (χ0) is 15.3. The number of nitro groups is 1. The van der Waals surface area contributed by atoms with Crippen LogP contribution in [0.25, 0.3) is 0 Å². The van der Waals surface area contributed by atoms with Crippen LogP contribution in [0, 0.1) is 10.1 Å². The molecule has 0 bridgehead atoms. The minimum Gasteiger partial charge on any atom is -0.329 e. The SMILES string of the molecule is CCOP(=S)(OC1CCC([N+](=O)[O-])CC1)C1CCCCC1. The van der Waals surface area contributed by atoms with Crippen LogP contribution < -0.4 is 0 Å². The first kappa shape index (κ1) is 17.3. The summed E-state index contributed by atoms with van der Waals surface area (Å²) in [4.78, 5) is 10.7. The molecule has 0 heterocycles. The van der Waals surface area contributed by atoms with Gasteiger partial charge in [0, 0.05) is 23.4 Å². The van der Waals surface area contributed by atoms with Crippen LogP contribution >= 0.6 is 6.49 Å². The van der Waals surface area contributed by atoms with Crippen molar-refractivity contribution in [2.75, 3.05) is 6.61 Å². The molecule has 0 amide bonds. The summed E-state index contributed by atoms with van der Waals surface area (Å²) in [6.07, 6.45) is 8.68. The van der Waals surface area contributed by atoms with Gasteiger partial charge in [-0.2, -0.15) is 0 Å². The van der Waals surface area contributed by atoms with Gasteiger partial charge < -0.3 is 9.05 Å². The first-order chi connectivity index (χ1) is 10.0. The van der Waals surface area contributed by atoms with E-state index in [1.54, 1.807) is 0 Å². The van der Waals surface area contributed by atoms with Crippen LogP contribution in [0.4, 0.5) is 0 Å². The van der Waals surface area contributed by atoms with E-state index >= 15 is 0 Å². The molecular formula is C14H26NO4PS. The van der Waals surface area contributed by atoms with Gasteiger partial charge >= 0.3 is 0 Å². The maximum atomic E-state index is 10.8. The number of rotatable bonds is 6. The molecule has 2 aliphatic carbocycles. The molecule has 0 aromatic rings. The highest BCUT2D eigenvalue weighted by atomic mass is 32.5. The monoisotopic (exact) mass is 335 g/mol. The van der Waals surface area contributed by atoms with Gasteiger partial charge in [-0.25, -0.2) is 0 Å². The highest BCUT2D eigenvalue weighted by molar-refractivity contribution is 8.10. The van der Waals surface area contributed by atoms with E-state index < -0.39 is 12.5 Å². The average molecular weight is 335 g/mol. The van der Waals surface area contributed by atoms with Gasteiger partial charge in [-0.3, -0.25) is 10.1 Å². The van der Waals surface area contributed by atoms with Gasteiger partial charge in [0.15, 0.2) is 6.49 Å². The Morgan fingerprint density at radius 2 is 1.76 bits per heavy atom. The Hall–Kier alpha value is -0.0300. The lowest BCUT2D eigenvalue weighted by Gasteiger charge is -2.36.